The van der Waals surface area contributed by atoms with Crippen molar-refractivity contribution in [2.75, 3.05) is 12.4 Å². The number of anilines is 1. The molecule has 1 heterocycles. The maximum Gasteiger partial charge on any atom is 0.238 e. The van der Waals surface area contributed by atoms with Gasteiger partial charge in [0, 0.05) is 6.42 Å². The average Bonchev–Trinajstić information content (AvgIpc) is 2.72. The summed E-state index contributed by atoms with van der Waals surface area (Å²) in [6.45, 7) is 1.76. The van der Waals surface area contributed by atoms with E-state index in [0.29, 0.717) is 17.1 Å². The average molecular weight is 412 g/mol. The first-order valence-corrected chi connectivity index (χ1v) is 9.66. The van der Waals surface area contributed by atoms with Crippen LogP contribution < -0.4 is 15.4 Å². The molecule has 1 atom stereocenters. The normalized spacial score (nSPS) is 18.3. The monoisotopic (exact) mass is 412 g/mol. The maximum atomic E-state index is 12.6. The zero-order valence-electron chi connectivity index (χ0n) is 15.9. The van der Waals surface area contributed by atoms with E-state index in [0.717, 1.165) is 17.3 Å². The first-order chi connectivity index (χ1) is 14.0. The number of benzene rings is 2. The number of carbonyl (C=O) groups excluding carboxylic acids is 2. The molecule has 150 valence electrons. The van der Waals surface area contributed by atoms with Gasteiger partial charge in [-0.3, -0.25) is 9.59 Å². The van der Waals surface area contributed by atoms with Crippen molar-refractivity contribution < 1.29 is 19.4 Å². The van der Waals surface area contributed by atoms with Crippen LogP contribution in [0.2, 0.25) is 0 Å². The first kappa shape index (κ1) is 20.4. The highest BCUT2D eigenvalue weighted by Crippen LogP contribution is 2.27. The molecule has 0 bridgehead atoms. The quantitative estimate of drug-likeness (QED) is 0.516. The summed E-state index contributed by atoms with van der Waals surface area (Å²) < 4.78 is 5.23. The number of carbonyl (C=O) groups is 2. The van der Waals surface area contributed by atoms with E-state index in [2.05, 4.69) is 20.8 Å². The number of thioether (sulfide) groups is 1. The summed E-state index contributed by atoms with van der Waals surface area (Å²) >= 11 is 1.13. The van der Waals surface area contributed by atoms with Crippen LogP contribution >= 0.6 is 11.8 Å². The SMILES string of the molecule is COc1ccccc1NC(=O)[C@@H]1CC(=O)N/C(=N\N=C(/C)c2ccc(O)cc2)S1. The third kappa shape index (κ3) is 5.35. The van der Waals surface area contributed by atoms with Crippen molar-refractivity contribution in [1.29, 1.82) is 0 Å². The molecule has 3 N–H and O–H groups in total. The van der Waals surface area contributed by atoms with Gasteiger partial charge >= 0.3 is 0 Å². The second kappa shape index (κ2) is 9.24. The number of aromatic hydroxyl groups is 1. The minimum atomic E-state index is -0.642. The Morgan fingerprint density at radius 3 is 2.69 bits per heavy atom. The third-order valence-corrected chi connectivity index (χ3v) is 5.18. The van der Waals surface area contributed by atoms with Crippen LogP contribution in [-0.2, 0) is 9.59 Å². The van der Waals surface area contributed by atoms with Crippen molar-refractivity contribution in [2.24, 2.45) is 10.2 Å². The summed E-state index contributed by atoms with van der Waals surface area (Å²) in [5.74, 6) is 0.0717. The third-order valence-electron chi connectivity index (χ3n) is 4.10. The van der Waals surface area contributed by atoms with E-state index < -0.39 is 5.25 Å². The van der Waals surface area contributed by atoms with Crippen LogP contribution in [0.25, 0.3) is 0 Å². The van der Waals surface area contributed by atoms with Gasteiger partial charge in [-0.25, -0.2) is 0 Å². The van der Waals surface area contributed by atoms with Crippen LogP contribution in [0.1, 0.15) is 18.9 Å². The highest BCUT2D eigenvalue weighted by atomic mass is 32.2. The minimum Gasteiger partial charge on any atom is -0.508 e. The van der Waals surface area contributed by atoms with Crippen molar-refractivity contribution in [3.05, 3.63) is 54.1 Å². The number of nitrogens with zero attached hydrogens (tertiary/aromatic N) is 2. The summed E-state index contributed by atoms with van der Waals surface area (Å²) in [4.78, 5) is 24.7. The second-order valence-electron chi connectivity index (χ2n) is 6.19. The highest BCUT2D eigenvalue weighted by Gasteiger charge is 2.30. The molecule has 1 saturated heterocycles. The Morgan fingerprint density at radius 2 is 1.97 bits per heavy atom. The molecule has 0 radical (unpaired) electrons. The standard InChI is InChI=1S/C20H20N4O4S/c1-12(13-7-9-14(25)10-8-13)23-24-20-22-18(26)11-17(29-20)19(27)21-15-5-3-4-6-16(15)28-2/h3-10,17,25H,11H2,1-2H3,(H,21,27)(H,22,24,26)/b23-12+/t17-/m0/s1. The molecule has 0 aromatic heterocycles. The number of nitrogens with one attached hydrogen (secondary N) is 2. The Morgan fingerprint density at radius 1 is 1.24 bits per heavy atom. The summed E-state index contributed by atoms with van der Waals surface area (Å²) in [5.41, 5.74) is 1.92. The Kier molecular flexibility index (Phi) is 6.50. The van der Waals surface area contributed by atoms with Gasteiger partial charge in [0.25, 0.3) is 0 Å². The first-order valence-electron chi connectivity index (χ1n) is 8.78. The molecule has 8 nitrogen and oxygen atoms in total. The van der Waals surface area contributed by atoms with Gasteiger partial charge < -0.3 is 20.5 Å². The number of ether oxygens (including phenoxy) is 1. The topological polar surface area (TPSA) is 112 Å². The Balaban J connectivity index is 1.71. The molecule has 0 aliphatic carbocycles. The molecule has 2 aromatic carbocycles. The van der Waals surface area contributed by atoms with Crippen molar-refractivity contribution in [1.82, 2.24) is 5.32 Å². The van der Waals surface area contributed by atoms with Gasteiger partial charge in [-0.2, -0.15) is 5.10 Å². The van der Waals surface area contributed by atoms with Crippen LogP contribution in [0, 0.1) is 0 Å². The lowest BCUT2D eigenvalue weighted by Crippen LogP contribution is -2.41. The van der Waals surface area contributed by atoms with Crippen LogP contribution in [-0.4, -0.2) is 40.2 Å². The van der Waals surface area contributed by atoms with E-state index in [-0.39, 0.29) is 29.2 Å². The van der Waals surface area contributed by atoms with E-state index in [1.165, 1.54) is 7.11 Å². The molecule has 0 spiro atoms. The number of phenolic OH excluding ortho intramolecular Hbond substituents is 1. The molecule has 2 amide bonds. The fourth-order valence-corrected chi connectivity index (χ4v) is 3.51. The molecule has 0 saturated carbocycles. The Bertz CT molecular complexity index is 973. The van der Waals surface area contributed by atoms with Gasteiger partial charge in [0.1, 0.15) is 16.7 Å². The van der Waals surface area contributed by atoms with E-state index in [9.17, 15) is 14.7 Å². The minimum absolute atomic E-state index is 0.0331. The smallest absolute Gasteiger partial charge is 0.238 e. The van der Waals surface area contributed by atoms with E-state index >= 15 is 0 Å². The van der Waals surface area contributed by atoms with Crippen LogP contribution in [0.3, 0.4) is 0 Å². The predicted octanol–water partition coefficient (Wildman–Crippen LogP) is 2.74. The fraction of sp³-hybridized carbons (Fsp3) is 0.200. The molecule has 29 heavy (non-hydrogen) atoms. The fourth-order valence-electron chi connectivity index (χ4n) is 2.58. The highest BCUT2D eigenvalue weighted by molar-refractivity contribution is 8.15. The van der Waals surface area contributed by atoms with E-state index in [1.54, 1.807) is 55.5 Å². The van der Waals surface area contributed by atoms with Crippen molar-refractivity contribution in [3.63, 3.8) is 0 Å². The zero-order chi connectivity index (χ0) is 20.8. The molecule has 1 aliphatic rings. The summed E-state index contributed by atoms with van der Waals surface area (Å²) in [6.07, 6.45) is 0.0331. The number of para-hydroxylation sites is 2. The van der Waals surface area contributed by atoms with Gasteiger partial charge in [0.2, 0.25) is 11.8 Å². The largest absolute Gasteiger partial charge is 0.508 e. The van der Waals surface area contributed by atoms with Gasteiger partial charge in [0.05, 0.1) is 18.5 Å². The maximum absolute atomic E-state index is 12.6. The van der Waals surface area contributed by atoms with E-state index in [1.807, 2.05) is 0 Å². The van der Waals surface area contributed by atoms with Crippen LogP contribution in [0.15, 0.2) is 58.7 Å². The summed E-state index contributed by atoms with van der Waals surface area (Å²) in [7, 11) is 1.52. The molecule has 9 heteroatoms. The second-order valence-corrected chi connectivity index (χ2v) is 7.38. The van der Waals surface area contributed by atoms with Crippen LogP contribution in [0.5, 0.6) is 11.5 Å². The van der Waals surface area contributed by atoms with Gasteiger partial charge in [-0.05, 0) is 48.9 Å². The number of phenols is 1. The van der Waals surface area contributed by atoms with Crippen molar-refractivity contribution >= 4 is 40.1 Å². The Hall–Kier alpha value is -3.33. The number of hydrogen-bond donors (Lipinski definition) is 3. The molecule has 0 unspecified atom stereocenters. The molecular formula is C20H20N4O4S. The lowest BCUT2D eigenvalue weighted by molar-refractivity contribution is -0.123. The number of amides is 2. The Labute approximate surface area is 172 Å². The van der Waals surface area contributed by atoms with Crippen molar-refractivity contribution in [2.45, 2.75) is 18.6 Å². The van der Waals surface area contributed by atoms with Gasteiger partial charge in [-0.15, -0.1) is 5.10 Å². The van der Waals surface area contributed by atoms with Gasteiger partial charge in [0.15, 0.2) is 5.17 Å². The summed E-state index contributed by atoms with van der Waals surface area (Å²) in [6, 6.07) is 13.6. The lowest BCUT2D eigenvalue weighted by Gasteiger charge is -2.22. The zero-order valence-corrected chi connectivity index (χ0v) is 16.7. The number of rotatable bonds is 5. The number of hydrogen-bond acceptors (Lipinski definition) is 7. The van der Waals surface area contributed by atoms with E-state index in [4.69, 9.17) is 4.74 Å². The lowest BCUT2D eigenvalue weighted by atomic mass is 10.1. The summed E-state index contributed by atoms with van der Waals surface area (Å²) in [5, 5.41) is 22.6. The molecule has 1 aliphatic heterocycles. The molecule has 3 rings (SSSR count). The molecule has 1 fully saturated rings. The van der Waals surface area contributed by atoms with Gasteiger partial charge in [-0.1, -0.05) is 23.9 Å². The number of methoxy groups -OCH3 is 1. The molecular weight excluding hydrogens is 392 g/mol. The van der Waals surface area contributed by atoms with Crippen molar-refractivity contribution in [3.8, 4) is 11.5 Å². The number of amidine groups is 1. The van der Waals surface area contributed by atoms with Crippen LogP contribution in [0.4, 0.5) is 5.69 Å². The predicted molar refractivity (Wildman–Crippen MR) is 114 cm³/mol. The molecule has 2 aromatic rings.